The lowest BCUT2D eigenvalue weighted by Crippen LogP contribution is -2.34. The molecule has 2 fully saturated rings. The third kappa shape index (κ3) is 3.70. The van der Waals surface area contributed by atoms with Gasteiger partial charge in [0.15, 0.2) is 0 Å². The number of hydrogen-bond acceptors (Lipinski definition) is 3. The first-order valence-electron chi connectivity index (χ1n) is 8.28. The summed E-state index contributed by atoms with van der Waals surface area (Å²) in [7, 11) is 0. The monoisotopic (exact) mass is 306 g/mol. The summed E-state index contributed by atoms with van der Waals surface area (Å²) < 4.78 is 7.69. The first-order chi connectivity index (χ1) is 10.6. The molecule has 122 valence electrons. The zero-order chi connectivity index (χ0) is 15.7. The number of aliphatic hydroxyl groups excluding tert-OH is 1. The van der Waals surface area contributed by atoms with Crippen LogP contribution >= 0.6 is 0 Å². The predicted octanol–water partition coefficient (Wildman–Crippen LogP) is 1.96. The summed E-state index contributed by atoms with van der Waals surface area (Å²) in [6, 6.07) is 2.52. The SMILES string of the molecule is Cc1cc(C(=O)NCC(O)COCC2CC2)c(C)n1C1CC1. The fraction of sp³-hybridized carbons (Fsp3) is 0.706. The van der Waals surface area contributed by atoms with Gasteiger partial charge < -0.3 is 19.7 Å². The second-order valence-electron chi connectivity index (χ2n) is 6.73. The van der Waals surface area contributed by atoms with Crippen LogP contribution in [0.1, 0.15) is 53.5 Å². The maximum Gasteiger partial charge on any atom is 0.253 e. The van der Waals surface area contributed by atoms with Crippen molar-refractivity contribution in [1.29, 1.82) is 0 Å². The van der Waals surface area contributed by atoms with Crippen molar-refractivity contribution in [2.24, 2.45) is 5.92 Å². The molecule has 0 bridgehead atoms. The lowest BCUT2D eigenvalue weighted by molar-refractivity contribution is 0.0320. The van der Waals surface area contributed by atoms with Crippen molar-refractivity contribution in [3.05, 3.63) is 23.0 Å². The van der Waals surface area contributed by atoms with Gasteiger partial charge >= 0.3 is 0 Å². The van der Waals surface area contributed by atoms with Gasteiger partial charge in [0, 0.05) is 30.6 Å². The molecule has 2 N–H and O–H groups in total. The summed E-state index contributed by atoms with van der Waals surface area (Å²) in [6.07, 6.45) is 4.24. The zero-order valence-electron chi connectivity index (χ0n) is 13.5. The van der Waals surface area contributed by atoms with Crippen LogP contribution in [0.2, 0.25) is 0 Å². The highest BCUT2D eigenvalue weighted by Gasteiger charge is 2.28. The van der Waals surface area contributed by atoms with Gasteiger partial charge in [0.25, 0.3) is 5.91 Å². The van der Waals surface area contributed by atoms with E-state index in [4.69, 9.17) is 4.74 Å². The van der Waals surface area contributed by atoms with Crippen molar-refractivity contribution in [3.8, 4) is 0 Å². The van der Waals surface area contributed by atoms with Crippen molar-refractivity contribution < 1.29 is 14.6 Å². The Morgan fingerprint density at radius 3 is 2.77 bits per heavy atom. The maximum absolute atomic E-state index is 12.3. The van der Waals surface area contributed by atoms with Crippen LogP contribution in [0.5, 0.6) is 0 Å². The minimum absolute atomic E-state index is 0.110. The highest BCUT2D eigenvalue weighted by atomic mass is 16.5. The van der Waals surface area contributed by atoms with Gasteiger partial charge in [-0.1, -0.05) is 0 Å². The van der Waals surface area contributed by atoms with E-state index >= 15 is 0 Å². The molecule has 0 radical (unpaired) electrons. The van der Waals surface area contributed by atoms with E-state index in [1.165, 1.54) is 25.7 Å². The van der Waals surface area contributed by atoms with E-state index in [1.807, 2.05) is 19.9 Å². The molecule has 2 aliphatic rings. The first-order valence-corrected chi connectivity index (χ1v) is 8.28. The molecule has 1 unspecified atom stereocenters. The van der Waals surface area contributed by atoms with Crippen LogP contribution in [0.15, 0.2) is 6.07 Å². The van der Waals surface area contributed by atoms with Crippen molar-refractivity contribution in [1.82, 2.24) is 9.88 Å². The van der Waals surface area contributed by atoms with E-state index in [2.05, 4.69) is 9.88 Å². The number of amides is 1. The standard InChI is InChI=1S/C17H26N2O3/c1-11-7-16(12(2)19(11)14-5-6-14)17(21)18-8-15(20)10-22-9-13-3-4-13/h7,13-15,20H,3-6,8-10H2,1-2H3,(H,18,21). The van der Waals surface area contributed by atoms with Gasteiger partial charge in [-0.2, -0.15) is 0 Å². The van der Waals surface area contributed by atoms with Crippen molar-refractivity contribution in [2.75, 3.05) is 19.8 Å². The Kier molecular flexibility index (Phi) is 4.54. The fourth-order valence-electron chi connectivity index (χ4n) is 2.92. The molecule has 0 aromatic carbocycles. The number of aryl methyl sites for hydroxylation is 1. The Hall–Kier alpha value is -1.33. The van der Waals surface area contributed by atoms with Crippen LogP contribution in [0.4, 0.5) is 0 Å². The van der Waals surface area contributed by atoms with Gasteiger partial charge in [-0.15, -0.1) is 0 Å². The molecule has 5 nitrogen and oxygen atoms in total. The molecule has 0 spiro atoms. The quantitative estimate of drug-likeness (QED) is 0.771. The molecule has 1 aromatic rings. The van der Waals surface area contributed by atoms with E-state index in [9.17, 15) is 9.90 Å². The number of nitrogens with one attached hydrogen (secondary N) is 1. The van der Waals surface area contributed by atoms with E-state index in [0.717, 1.165) is 23.6 Å². The second kappa shape index (κ2) is 6.42. The topological polar surface area (TPSA) is 63.5 Å². The Bertz CT molecular complexity index is 544. The number of rotatable bonds is 8. The molecular weight excluding hydrogens is 280 g/mol. The van der Waals surface area contributed by atoms with Crippen molar-refractivity contribution >= 4 is 5.91 Å². The smallest absolute Gasteiger partial charge is 0.253 e. The summed E-state index contributed by atoms with van der Waals surface area (Å²) in [5, 5.41) is 12.7. The average molecular weight is 306 g/mol. The number of carbonyl (C=O) groups is 1. The van der Waals surface area contributed by atoms with Gasteiger partial charge in [0.2, 0.25) is 0 Å². The molecule has 1 aromatic heterocycles. The molecule has 22 heavy (non-hydrogen) atoms. The van der Waals surface area contributed by atoms with Gasteiger partial charge in [0.1, 0.15) is 0 Å². The van der Waals surface area contributed by atoms with Gasteiger partial charge in [-0.05, 0) is 51.5 Å². The summed E-state index contributed by atoms with van der Waals surface area (Å²) in [5.41, 5.74) is 2.88. The van der Waals surface area contributed by atoms with Crippen LogP contribution in [0.25, 0.3) is 0 Å². The molecule has 0 saturated heterocycles. The van der Waals surface area contributed by atoms with Crippen LogP contribution in [0, 0.1) is 19.8 Å². The number of ether oxygens (including phenoxy) is 1. The summed E-state index contributed by atoms with van der Waals surface area (Å²) in [6.45, 7) is 5.29. The maximum atomic E-state index is 12.3. The van der Waals surface area contributed by atoms with E-state index in [-0.39, 0.29) is 19.1 Å². The Balaban J connectivity index is 1.47. The Labute approximate surface area is 131 Å². The van der Waals surface area contributed by atoms with E-state index in [1.54, 1.807) is 0 Å². The lowest BCUT2D eigenvalue weighted by atomic mass is 10.2. The van der Waals surface area contributed by atoms with Gasteiger partial charge in [0.05, 0.1) is 18.3 Å². The molecule has 5 heteroatoms. The Morgan fingerprint density at radius 1 is 1.41 bits per heavy atom. The summed E-state index contributed by atoms with van der Waals surface area (Å²) in [4.78, 5) is 12.3. The molecular formula is C17H26N2O3. The number of hydrogen-bond donors (Lipinski definition) is 2. The third-order valence-electron chi connectivity index (χ3n) is 4.50. The number of nitrogens with zero attached hydrogens (tertiary/aromatic N) is 1. The molecule has 3 rings (SSSR count). The first kappa shape index (κ1) is 15.6. The number of aliphatic hydroxyl groups is 1. The largest absolute Gasteiger partial charge is 0.389 e. The van der Waals surface area contributed by atoms with E-state index < -0.39 is 6.10 Å². The number of carbonyl (C=O) groups excluding carboxylic acids is 1. The molecule has 2 saturated carbocycles. The minimum Gasteiger partial charge on any atom is -0.389 e. The fourth-order valence-corrected chi connectivity index (χ4v) is 2.92. The van der Waals surface area contributed by atoms with E-state index in [0.29, 0.717) is 12.0 Å². The summed E-state index contributed by atoms with van der Waals surface area (Å²) >= 11 is 0. The molecule has 1 heterocycles. The zero-order valence-corrected chi connectivity index (χ0v) is 13.5. The van der Waals surface area contributed by atoms with Crippen molar-refractivity contribution in [3.63, 3.8) is 0 Å². The highest BCUT2D eigenvalue weighted by molar-refractivity contribution is 5.95. The third-order valence-corrected chi connectivity index (χ3v) is 4.50. The van der Waals surface area contributed by atoms with Crippen LogP contribution in [0.3, 0.4) is 0 Å². The molecule has 1 atom stereocenters. The minimum atomic E-state index is -0.644. The number of aromatic nitrogens is 1. The second-order valence-corrected chi connectivity index (χ2v) is 6.73. The lowest BCUT2D eigenvalue weighted by Gasteiger charge is -2.12. The average Bonchev–Trinajstić information content (AvgIpc) is 3.37. The van der Waals surface area contributed by atoms with Gasteiger partial charge in [-0.3, -0.25) is 4.79 Å². The predicted molar refractivity (Wildman–Crippen MR) is 84.1 cm³/mol. The normalized spacial score (nSPS) is 19.2. The molecule has 1 amide bonds. The Morgan fingerprint density at radius 2 is 2.14 bits per heavy atom. The van der Waals surface area contributed by atoms with Crippen molar-refractivity contribution in [2.45, 2.75) is 51.7 Å². The van der Waals surface area contributed by atoms with Crippen LogP contribution in [-0.2, 0) is 4.74 Å². The molecule has 2 aliphatic carbocycles. The highest BCUT2D eigenvalue weighted by Crippen LogP contribution is 2.38. The van der Waals surface area contributed by atoms with Gasteiger partial charge in [-0.25, -0.2) is 0 Å². The molecule has 0 aliphatic heterocycles. The van der Waals surface area contributed by atoms with Crippen LogP contribution < -0.4 is 5.32 Å². The summed E-state index contributed by atoms with van der Waals surface area (Å²) in [5.74, 6) is 0.579. The van der Waals surface area contributed by atoms with Crippen LogP contribution in [-0.4, -0.2) is 41.4 Å².